The summed E-state index contributed by atoms with van der Waals surface area (Å²) in [7, 11) is -3.68. The van der Waals surface area contributed by atoms with Gasteiger partial charge in [0.2, 0.25) is 15.9 Å². The molecule has 1 N–H and O–H groups in total. The van der Waals surface area contributed by atoms with Gasteiger partial charge < -0.3 is 14.8 Å². The molecule has 1 amide bonds. The quantitative estimate of drug-likeness (QED) is 0.802. The lowest BCUT2D eigenvalue weighted by Crippen LogP contribution is -2.41. The van der Waals surface area contributed by atoms with Crippen molar-refractivity contribution in [2.24, 2.45) is 5.92 Å². The van der Waals surface area contributed by atoms with Crippen molar-refractivity contribution in [1.29, 1.82) is 5.26 Å². The van der Waals surface area contributed by atoms with Gasteiger partial charge >= 0.3 is 0 Å². The van der Waals surface area contributed by atoms with Crippen LogP contribution in [0.15, 0.2) is 47.4 Å². The number of piperidine rings is 1. The molecule has 1 saturated heterocycles. The van der Waals surface area contributed by atoms with Crippen molar-refractivity contribution in [2.75, 3.05) is 31.6 Å². The Kier molecular flexibility index (Phi) is 5.61. The maximum absolute atomic E-state index is 13.0. The summed E-state index contributed by atoms with van der Waals surface area (Å²) in [5, 5.41) is 11.7. The summed E-state index contributed by atoms with van der Waals surface area (Å²) in [6.45, 7) is 1.36. The highest BCUT2D eigenvalue weighted by molar-refractivity contribution is 7.89. The van der Waals surface area contributed by atoms with Gasteiger partial charge in [0, 0.05) is 30.8 Å². The summed E-state index contributed by atoms with van der Waals surface area (Å²) in [5.74, 6) is 0.556. The van der Waals surface area contributed by atoms with Gasteiger partial charge in [0.25, 0.3) is 0 Å². The summed E-state index contributed by atoms with van der Waals surface area (Å²) >= 11 is 0. The predicted molar refractivity (Wildman–Crippen MR) is 109 cm³/mol. The van der Waals surface area contributed by atoms with Crippen LogP contribution >= 0.6 is 0 Å². The van der Waals surface area contributed by atoms with E-state index in [2.05, 4.69) is 5.32 Å². The maximum atomic E-state index is 13.0. The summed E-state index contributed by atoms with van der Waals surface area (Å²) in [4.78, 5) is 12.7. The number of hydrogen-bond acceptors (Lipinski definition) is 6. The standard InChI is InChI=1S/C21H21N3O5S/c22-14-15-1-3-17(4-2-15)23-21(25)16-7-9-24(10-8-16)30(26,27)18-5-6-19-20(13-18)29-12-11-28-19/h1-6,13,16H,7-12H2,(H,23,25). The second-order valence-electron chi connectivity index (χ2n) is 7.16. The minimum Gasteiger partial charge on any atom is -0.486 e. The molecule has 30 heavy (non-hydrogen) atoms. The Morgan fingerprint density at radius 2 is 1.70 bits per heavy atom. The average Bonchev–Trinajstić information content (AvgIpc) is 2.79. The van der Waals surface area contributed by atoms with E-state index in [9.17, 15) is 13.2 Å². The molecular formula is C21H21N3O5S. The molecule has 0 aliphatic carbocycles. The van der Waals surface area contributed by atoms with Crippen LogP contribution in [0.5, 0.6) is 11.5 Å². The highest BCUT2D eigenvalue weighted by Gasteiger charge is 2.33. The van der Waals surface area contributed by atoms with E-state index in [1.54, 1.807) is 30.3 Å². The lowest BCUT2D eigenvalue weighted by atomic mass is 9.97. The lowest BCUT2D eigenvalue weighted by Gasteiger charge is -2.30. The number of rotatable bonds is 4. The third-order valence-electron chi connectivity index (χ3n) is 5.26. The summed E-state index contributed by atoms with van der Waals surface area (Å²) in [6.07, 6.45) is 0.873. The third-order valence-corrected chi connectivity index (χ3v) is 7.15. The Morgan fingerprint density at radius 3 is 2.37 bits per heavy atom. The third kappa shape index (κ3) is 4.10. The zero-order valence-corrected chi connectivity index (χ0v) is 17.0. The van der Waals surface area contributed by atoms with Crippen LogP contribution in [0.4, 0.5) is 5.69 Å². The zero-order valence-electron chi connectivity index (χ0n) is 16.2. The van der Waals surface area contributed by atoms with Gasteiger partial charge in [-0.05, 0) is 49.2 Å². The average molecular weight is 427 g/mol. The highest BCUT2D eigenvalue weighted by atomic mass is 32.2. The number of fused-ring (bicyclic) bond motifs is 1. The van der Waals surface area contributed by atoms with Crippen LogP contribution in [0, 0.1) is 17.2 Å². The molecule has 4 rings (SSSR count). The number of nitrogens with one attached hydrogen (secondary N) is 1. The summed E-state index contributed by atoms with van der Waals surface area (Å²) < 4.78 is 38.3. The second-order valence-corrected chi connectivity index (χ2v) is 9.10. The number of sulfonamides is 1. The van der Waals surface area contributed by atoms with E-state index in [0.29, 0.717) is 48.8 Å². The first-order valence-electron chi connectivity index (χ1n) is 9.68. The van der Waals surface area contributed by atoms with Crippen LogP contribution in [0.1, 0.15) is 18.4 Å². The van der Waals surface area contributed by atoms with Gasteiger partial charge in [0.15, 0.2) is 11.5 Å². The van der Waals surface area contributed by atoms with E-state index >= 15 is 0 Å². The first kappa shape index (κ1) is 20.2. The molecule has 0 atom stereocenters. The van der Waals surface area contributed by atoms with E-state index in [4.69, 9.17) is 14.7 Å². The van der Waals surface area contributed by atoms with Gasteiger partial charge in [-0.3, -0.25) is 4.79 Å². The van der Waals surface area contributed by atoms with Gasteiger partial charge in [-0.15, -0.1) is 0 Å². The molecule has 9 heteroatoms. The number of carbonyl (C=O) groups excluding carboxylic acids is 1. The van der Waals surface area contributed by atoms with E-state index in [0.717, 1.165) is 0 Å². The van der Waals surface area contributed by atoms with E-state index in [1.807, 2.05) is 6.07 Å². The molecule has 2 aliphatic heterocycles. The molecule has 0 aromatic heterocycles. The van der Waals surface area contributed by atoms with Crippen LogP contribution in [0.3, 0.4) is 0 Å². The normalized spacial score (nSPS) is 17.2. The number of hydrogen-bond donors (Lipinski definition) is 1. The van der Waals surface area contributed by atoms with E-state index < -0.39 is 10.0 Å². The number of benzene rings is 2. The van der Waals surface area contributed by atoms with Crippen molar-refractivity contribution in [3.05, 3.63) is 48.0 Å². The first-order chi connectivity index (χ1) is 14.5. The van der Waals surface area contributed by atoms with Crippen LogP contribution in [0.2, 0.25) is 0 Å². The Bertz CT molecular complexity index is 1080. The molecular weight excluding hydrogens is 406 g/mol. The van der Waals surface area contributed by atoms with Gasteiger partial charge in [0.05, 0.1) is 16.5 Å². The zero-order chi connectivity index (χ0) is 21.1. The fourth-order valence-electron chi connectivity index (χ4n) is 3.56. The molecule has 0 saturated carbocycles. The molecule has 1 fully saturated rings. The lowest BCUT2D eigenvalue weighted by molar-refractivity contribution is -0.120. The molecule has 8 nitrogen and oxygen atoms in total. The Morgan fingerprint density at radius 1 is 1.03 bits per heavy atom. The van der Waals surface area contributed by atoms with Crippen molar-refractivity contribution in [3.63, 3.8) is 0 Å². The number of nitrogens with zero attached hydrogens (tertiary/aromatic N) is 2. The Labute approximate surface area is 175 Å². The monoisotopic (exact) mass is 427 g/mol. The highest BCUT2D eigenvalue weighted by Crippen LogP contribution is 2.34. The Hall–Kier alpha value is -3.09. The number of amides is 1. The van der Waals surface area contributed by atoms with Crippen molar-refractivity contribution in [2.45, 2.75) is 17.7 Å². The van der Waals surface area contributed by atoms with Crippen LogP contribution in [0.25, 0.3) is 0 Å². The van der Waals surface area contributed by atoms with Crippen molar-refractivity contribution >= 4 is 21.6 Å². The topological polar surface area (TPSA) is 109 Å². The molecule has 2 aliphatic rings. The van der Waals surface area contributed by atoms with E-state index in [1.165, 1.54) is 16.4 Å². The predicted octanol–water partition coefficient (Wildman–Crippen LogP) is 2.37. The minimum atomic E-state index is -3.68. The van der Waals surface area contributed by atoms with Gasteiger partial charge in [0.1, 0.15) is 13.2 Å². The molecule has 0 spiro atoms. The molecule has 2 aromatic rings. The van der Waals surface area contributed by atoms with Crippen molar-refractivity contribution < 1.29 is 22.7 Å². The van der Waals surface area contributed by atoms with Gasteiger partial charge in [-0.1, -0.05) is 0 Å². The van der Waals surface area contributed by atoms with Crippen molar-refractivity contribution in [1.82, 2.24) is 4.31 Å². The van der Waals surface area contributed by atoms with Gasteiger partial charge in [-0.2, -0.15) is 9.57 Å². The largest absolute Gasteiger partial charge is 0.486 e. The second kappa shape index (κ2) is 8.34. The maximum Gasteiger partial charge on any atom is 0.243 e. The SMILES string of the molecule is N#Cc1ccc(NC(=O)C2CCN(S(=O)(=O)c3ccc4c(c3)OCCO4)CC2)cc1. The number of anilines is 1. The van der Waals surface area contributed by atoms with E-state index in [-0.39, 0.29) is 29.8 Å². The molecule has 2 heterocycles. The molecule has 0 bridgehead atoms. The molecule has 156 valence electrons. The fraction of sp³-hybridized carbons (Fsp3) is 0.333. The molecule has 0 unspecified atom stereocenters. The number of carbonyl (C=O) groups is 1. The molecule has 2 aromatic carbocycles. The Balaban J connectivity index is 1.38. The summed E-state index contributed by atoms with van der Waals surface area (Å²) in [5.41, 5.74) is 1.14. The first-order valence-corrected chi connectivity index (χ1v) is 11.1. The van der Waals surface area contributed by atoms with Crippen molar-refractivity contribution in [3.8, 4) is 17.6 Å². The number of ether oxygens (including phenoxy) is 2. The summed E-state index contributed by atoms with van der Waals surface area (Å²) in [6, 6.07) is 13.3. The minimum absolute atomic E-state index is 0.143. The molecule has 0 radical (unpaired) electrons. The van der Waals surface area contributed by atoms with Gasteiger partial charge in [-0.25, -0.2) is 8.42 Å². The fourth-order valence-corrected chi connectivity index (χ4v) is 5.05. The van der Waals surface area contributed by atoms with Crippen LogP contribution in [-0.2, 0) is 14.8 Å². The van der Waals surface area contributed by atoms with Crippen LogP contribution < -0.4 is 14.8 Å². The van der Waals surface area contributed by atoms with Crippen LogP contribution in [-0.4, -0.2) is 44.9 Å². The number of nitriles is 1. The smallest absolute Gasteiger partial charge is 0.243 e.